The Morgan fingerprint density at radius 3 is 2.94 bits per heavy atom. The van der Waals surface area contributed by atoms with Crippen LogP contribution in [0.15, 0.2) is 10.8 Å². The molecule has 7 heteroatoms. The molecule has 0 saturated heterocycles. The smallest absolute Gasteiger partial charge is 0.306 e. The minimum Gasteiger partial charge on any atom is -0.481 e. The fourth-order valence-electron chi connectivity index (χ4n) is 1.58. The normalized spacial score (nSPS) is 12.6. The number of thiophene rings is 1. The predicted octanol–water partition coefficient (Wildman–Crippen LogP) is 1.82. The average molecular weight is 266 g/mol. The van der Waals surface area contributed by atoms with Crippen LogP contribution in [0.2, 0.25) is 0 Å². The van der Waals surface area contributed by atoms with Crippen LogP contribution in [0.3, 0.4) is 0 Å². The number of rotatable bonds is 5. The molecule has 0 bridgehead atoms. The number of aryl methyl sites for hydroxylation is 2. The van der Waals surface area contributed by atoms with Crippen LogP contribution in [-0.4, -0.2) is 31.3 Å². The highest BCUT2D eigenvalue weighted by molar-refractivity contribution is 7.08. The molecule has 6 nitrogen and oxygen atoms in total. The molecule has 2 aromatic rings. The van der Waals surface area contributed by atoms with E-state index in [1.807, 2.05) is 17.7 Å². The molecular weight excluding hydrogens is 252 g/mol. The van der Waals surface area contributed by atoms with E-state index in [1.54, 1.807) is 22.9 Å². The van der Waals surface area contributed by atoms with Gasteiger partial charge in [-0.2, -0.15) is 11.3 Å². The lowest BCUT2D eigenvalue weighted by Crippen LogP contribution is -2.14. The molecule has 0 fully saturated rings. The molecule has 1 atom stereocenters. The first-order chi connectivity index (χ1) is 8.59. The summed E-state index contributed by atoms with van der Waals surface area (Å²) >= 11 is 1.60. The summed E-state index contributed by atoms with van der Waals surface area (Å²) in [6.07, 6.45) is 0.510. The summed E-state index contributed by atoms with van der Waals surface area (Å²) in [6.45, 7) is 4.19. The molecule has 96 valence electrons. The number of aliphatic carboxylic acids is 1. The molecule has 1 N–H and O–H groups in total. The Labute approximate surface area is 108 Å². The molecule has 0 aromatic carbocycles. The Morgan fingerprint density at radius 2 is 2.33 bits per heavy atom. The van der Waals surface area contributed by atoms with Crippen LogP contribution in [0.5, 0.6) is 0 Å². The molecule has 0 saturated carbocycles. The van der Waals surface area contributed by atoms with E-state index in [9.17, 15) is 4.79 Å². The van der Waals surface area contributed by atoms with E-state index >= 15 is 0 Å². The first kappa shape index (κ1) is 12.7. The first-order valence-corrected chi connectivity index (χ1v) is 6.56. The molecule has 1 unspecified atom stereocenters. The van der Waals surface area contributed by atoms with Crippen molar-refractivity contribution in [1.29, 1.82) is 0 Å². The summed E-state index contributed by atoms with van der Waals surface area (Å²) in [5.41, 5.74) is 2.13. The van der Waals surface area contributed by atoms with Gasteiger partial charge in [0.15, 0.2) is 5.82 Å². The van der Waals surface area contributed by atoms with Crippen molar-refractivity contribution >= 4 is 17.3 Å². The van der Waals surface area contributed by atoms with Gasteiger partial charge in [-0.25, -0.2) is 4.68 Å². The highest BCUT2D eigenvalue weighted by Crippen LogP contribution is 2.24. The van der Waals surface area contributed by atoms with Gasteiger partial charge in [-0.1, -0.05) is 6.92 Å². The lowest BCUT2D eigenvalue weighted by molar-refractivity contribution is -0.141. The third kappa shape index (κ3) is 2.56. The van der Waals surface area contributed by atoms with Crippen LogP contribution >= 0.6 is 11.3 Å². The molecule has 0 aliphatic heterocycles. The van der Waals surface area contributed by atoms with Crippen molar-refractivity contribution in [2.24, 2.45) is 5.92 Å². The Kier molecular flexibility index (Phi) is 3.71. The zero-order chi connectivity index (χ0) is 13.1. The number of hydrogen-bond acceptors (Lipinski definition) is 5. The molecular formula is C11H14N4O2S. The van der Waals surface area contributed by atoms with Crippen molar-refractivity contribution in [3.05, 3.63) is 16.3 Å². The second-order valence-electron chi connectivity index (χ2n) is 4.22. The van der Waals surface area contributed by atoms with Gasteiger partial charge in [0.05, 0.1) is 5.92 Å². The van der Waals surface area contributed by atoms with Crippen molar-refractivity contribution in [2.45, 2.75) is 26.8 Å². The Morgan fingerprint density at radius 1 is 1.56 bits per heavy atom. The lowest BCUT2D eigenvalue weighted by atomic mass is 10.1. The second-order valence-corrected chi connectivity index (χ2v) is 4.97. The van der Waals surface area contributed by atoms with Gasteiger partial charge >= 0.3 is 5.97 Å². The molecule has 18 heavy (non-hydrogen) atoms. The van der Waals surface area contributed by atoms with E-state index in [4.69, 9.17) is 5.11 Å². The van der Waals surface area contributed by atoms with Crippen molar-refractivity contribution in [2.75, 3.05) is 0 Å². The molecule has 0 spiro atoms. The zero-order valence-corrected chi connectivity index (χ0v) is 11.0. The van der Waals surface area contributed by atoms with E-state index in [0.717, 1.165) is 11.1 Å². The molecule has 0 aliphatic rings. The maximum absolute atomic E-state index is 10.8. The van der Waals surface area contributed by atoms with Gasteiger partial charge in [-0.05, 0) is 34.7 Å². The standard InChI is InChI=1S/C11H14N4O2S/c1-7(11(16)17)3-4-15-10(12-13-14-15)9-6-18-5-8(9)2/h5-7H,3-4H2,1-2H3,(H,16,17). The molecule has 0 aliphatic carbocycles. The van der Waals surface area contributed by atoms with Crippen molar-refractivity contribution < 1.29 is 9.90 Å². The summed E-state index contributed by atoms with van der Waals surface area (Å²) in [5.74, 6) is -0.492. The largest absolute Gasteiger partial charge is 0.481 e. The summed E-state index contributed by atoms with van der Waals surface area (Å²) in [7, 11) is 0. The summed E-state index contributed by atoms with van der Waals surface area (Å²) in [6, 6.07) is 0. The monoisotopic (exact) mass is 266 g/mol. The van der Waals surface area contributed by atoms with Gasteiger partial charge in [0.2, 0.25) is 0 Å². The molecule has 0 radical (unpaired) electrons. The summed E-state index contributed by atoms with van der Waals surface area (Å²) < 4.78 is 1.66. The maximum Gasteiger partial charge on any atom is 0.306 e. The summed E-state index contributed by atoms with van der Waals surface area (Å²) in [5, 5.41) is 24.5. The van der Waals surface area contributed by atoms with Crippen LogP contribution in [-0.2, 0) is 11.3 Å². The molecule has 2 rings (SSSR count). The number of hydrogen-bond donors (Lipinski definition) is 1. The fraction of sp³-hybridized carbons (Fsp3) is 0.455. The van der Waals surface area contributed by atoms with Gasteiger partial charge in [-0.3, -0.25) is 4.79 Å². The Hall–Kier alpha value is -1.76. The zero-order valence-electron chi connectivity index (χ0n) is 10.2. The van der Waals surface area contributed by atoms with Gasteiger partial charge in [0.25, 0.3) is 0 Å². The first-order valence-electron chi connectivity index (χ1n) is 5.61. The second kappa shape index (κ2) is 5.26. The number of nitrogens with zero attached hydrogens (tertiary/aromatic N) is 4. The van der Waals surface area contributed by atoms with E-state index in [2.05, 4.69) is 15.5 Å². The van der Waals surface area contributed by atoms with Gasteiger partial charge in [0.1, 0.15) is 0 Å². The third-order valence-corrected chi connectivity index (χ3v) is 3.69. The third-order valence-electron chi connectivity index (χ3n) is 2.82. The number of carboxylic acids is 1. The van der Waals surface area contributed by atoms with Crippen LogP contribution in [0.1, 0.15) is 18.9 Å². The minimum absolute atomic E-state index is 0.398. The number of tetrazole rings is 1. The van der Waals surface area contributed by atoms with Crippen LogP contribution in [0.25, 0.3) is 11.4 Å². The topological polar surface area (TPSA) is 80.9 Å². The predicted molar refractivity (Wildman–Crippen MR) is 67.3 cm³/mol. The van der Waals surface area contributed by atoms with Crippen molar-refractivity contribution in [3.63, 3.8) is 0 Å². The van der Waals surface area contributed by atoms with Crippen molar-refractivity contribution in [3.8, 4) is 11.4 Å². The van der Waals surface area contributed by atoms with Gasteiger partial charge in [-0.15, -0.1) is 5.10 Å². The SMILES string of the molecule is Cc1cscc1-c1nnnn1CCC(C)C(=O)O. The Balaban J connectivity index is 2.14. The summed E-state index contributed by atoms with van der Waals surface area (Å²) in [4.78, 5) is 10.8. The van der Waals surface area contributed by atoms with E-state index in [0.29, 0.717) is 18.8 Å². The van der Waals surface area contributed by atoms with Crippen LogP contribution < -0.4 is 0 Å². The number of carboxylic acid groups (broad SMARTS) is 1. The van der Waals surface area contributed by atoms with Crippen LogP contribution in [0, 0.1) is 12.8 Å². The highest BCUT2D eigenvalue weighted by atomic mass is 32.1. The fourth-order valence-corrected chi connectivity index (χ4v) is 2.40. The minimum atomic E-state index is -0.795. The average Bonchev–Trinajstić information content (AvgIpc) is 2.93. The number of carbonyl (C=O) groups is 1. The van der Waals surface area contributed by atoms with E-state index < -0.39 is 11.9 Å². The number of aromatic nitrogens is 4. The maximum atomic E-state index is 10.8. The van der Waals surface area contributed by atoms with E-state index in [1.165, 1.54) is 0 Å². The van der Waals surface area contributed by atoms with Gasteiger partial charge in [0, 0.05) is 17.5 Å². The van der Waals surface area contributed by atoms with Crippen LogP contribution in [0.4, 0.5) is 0 Å². The lowest BCUT2D eigenvalue weighted by Gasteiger charge is -2.07. The molecule has 2 aromatic heterocycles. The quantitative estimate of drug-likeness (QED) is 0.892. The Bertz CT molecular complexity index is 549. The van der Waals surface area contributed by atoms with E-state index in [-0.39, 0.29) is 0 Å². The molecule has 0 amide bonds. The highest BCUT2D eigenvalue weighted by Gasteiger charge is 2.15. The van der Waals surface area contributed by atoms with Gasteiger partial charge < -0.3 is 5.11 Å². The molecule has 2 heterocycles. The van der Waals surface area contributed by atoms with Crippen molar-refractivity contribution in [1.82, 2.24) is 20.2 Å².